The van der Waals surface area contributed by atoms with Gasteiger partial charge in [0.05, 0.1) is 11.4 Å². The molecular formula is C72H52N2. The van der Waals surface area contributed by atoms with Crippen molar-refractivity contribution in [2.45, 2.75) is 38.5 Å². The molecule has 12 aromatic carbocycles. The molecule has 0 amide bonds. The quantitative estimate of drug-likeness (QED) is 0.121. The Kier molecular flexibility index (Phi) is 9.85. The number of hydrogen-bond acceptors (Lipinski definition) is 2. The minimum absolute atomic E-state index is 0.244. The molecule has 0 saturated carbocycles. The molecule has 0 saturated heterocycles. The van der Waals surface area contributed by atoms with Gasteiger partial charge in [0.2, 0.25) is 0 Å². The second kappa shape index (κ2) is 16.7. The zero-order valence-electron chi connectivity index (χ0n) is 42.0. The van der Waals surface area contributed by atoms with E-state index in [0.29, 0.717) is 0 Å². The van der Waals surface area contributed by atoms with Gasteiger partial charge in [-0.3, -0.25) is 0 Å². The number of benzene rings is 12. The zero-order chi connectivity index (χ0) is 49.7. The predicted octanol–water partition coefficient (Wildman–Crippen LogP) is 19.3. The third-order valence-electron chi connectivity index (χ3n) is 16.2. The molecule has 14 rings (SSSR count). The minimum Gasteiger partial charge on any atom is -0.310 e. The summed E-state index contributed by atoms with van der Waals surface area (Å²) in [5.41, 5.74) is 18.8. The fourth-order valence-electron chi connectivity index (χ4n) is 12.5. The van der Waals surface area contributed by atoms with E-state index >= 15 is 0 Å². The molecule has 74 heavy (non-hydrogen) atoms. The summed E-state index contributed by atoms with van der Waals surface area (Å²) in [6, 6.07) is 89.2. The van der Waals surface area contributed by atoms with Crippen LogP contribution in [0.3, 0.4) is 0 Å². The van der Waals surface area contributed by atoms with Gasteiger partial charge in [-0.2, -0.15) is 0 Å². The number of fused-ring (bicyclic) bond motifs is 12. The summed E-state index contributed by atoms with van der Waals surface area (Å²) in [6.07, 6.45) is 0. The van der Waals surface area contributed by atoms with E-state index in [0.717, 1.165) is 33.9 Å². The number of anilines is 6. The number of para-hydroxylation sites is 2. The lowest BCUT2D eigenvalue weighted by Gasteiger charge is -2.29. The Balaban J connectivity index is 0.794. The molecule has 2 aliphatic rings. The highest BCUT2D eigenvalue weighted by molar-refractivity contribution is 6.16. The second-order valence-corrected chi connectivity index (χ2v) is 21.1. The first-order valence-corrected chi connectivity index (χ1v) is 25.8. The van der Waals surface area contributed by atoms with Crippen molar-refractivity contribution < 1.29 is 0 Å². The fourth-order valence-corrected chi connectivity index (χ4v) is 12.5. The van der Waals surface area contributed by atoms with Gasteiger partial charge in [-0.05, 0) is 162 Å². The summed E-state index contributed by atoms with van der Waals surface area (Å²) in [5, 5.41) is 9.95. The normalized spacial score (nSPS) is 13.5. The Bertz CT molecular complexity index is 4040. The average molecular weight is 945 g/mol. The SMILES string of the molecule is CC1(C)c2cc(C#Cc3ccc4c(c3)C(C)(C)c3cc(N(c5ccccc5)c5cc6ccccc6c6ccccc56)ccc3-4)ccc2-c2ccc(N(c3ccccc3)c3cc4ccccc4c4ccccc34)cc21. The molecule has 0 aromatic heterocycles. The molecule has 0 atom stereocenters. The second-order valence-electron chi connectivity index (χ2n) is 21.1. The average Bonchev–Trinajstić information content (AvgIpc) is 3.84. The van der Waals surface area contributed by atoms with E-state index in [9.17, 15) is 0 Å². The van der Waals surface area contributed by atoms with Crippen LogP contribution in [0.1, 0.15) is 61.1 Å². The van der Waals surface area contributed by atoms with Crippen LogP contribution in [0.25, 0.3) is 65.3 Å². The van der Waals surface area contributed by atoms with Gasteiger partial charge in [-0.25, -0.2) is 0 Å². The third kappa shape index (κ3) is 6.81. The van der Waals surface area contributed by atoms with Crippen LogP contribution in [-0.4, -0.2) is 0 Å². The van der Waals surface area contributed by atoms with Gasteiger partial charge in [0.15, 0.2) is 0 Å². The van der Waals surface area contributed by atoms with E-state index in [1.807, 2.05) is 0 Å². The first-order chi connectivity index (χ1) is 36.2. The molecule has 0 bridgehead atoms. The fraction of sp³-hybridized carbons (Fsp3) is 0.0833. The molecule has 0 radical (unpaired) electrons. The molecule has 0 N–H and O–H groups in total. The van der Waals surface area contributed by atoms with Gasteiger partial charge in [-0.15, -0.1) is 0 Å². The molecule has 0 aliphatic heterocycles. The maximum atomic E-state index is 3.62. The van der Waals surface area contributed by atoms with Crippen LogP contribution in [0.15, 0.2) is 243 Å². The Labute approximate surface area is 433 Å². The molecule has 12 aromatic rings. The summed E-state index contributed by atoms with van der Waals surface area (Å²) in [5.74, 6) is 7.24. The van der Waals surface area contributed by atoms with Crippen LogP contribution in [0, 0.1) is 11.8 Å². The third-order valence-corrected chi connectivity index (χ3v) is 16.2. The minimum atomic E-state index is -0.244. The van der Waals surface area contributed by atoms with Gasteiger partial charge in [-0.1, -0.05) is 197 Å². The highest BCUT2D eigenvalue weighted by Gasteiger charge is 2.38. The van der Waals surface area contributed by atoms with Gasteiger partial charge in [0.25, 0.3) is 0 Å². The van der Waals surface area contributed by atoms with Crippen molar-refractivity contribution in [3.8, 4) is 34.1 Å². The lowest BCUT2D eigenvalue weighted by Crippen LogP contribution is -2.17. The number of hydrogen-bond donors (Lipinski definition) is 0. The molecule has 0 fully saturated rings. The summed E-state index contributed by atoms with van der Waals surface area (Å²) in [4.78, 5) is 4.88. The van der Waals surface area contributed by atoms with Crippen molar-refractivity contribution in [2.24, 2.45) is 0 Å². The van der Waals surface area contributed by atoms with Crippen molar-refractivity contribution in [1.82, 2.24) is 0 Å². The van der Waals surface area contributed by atoms with Crippen molar-refractivity contribution >= 4 is 77.2 Å². The van der Waals surface area contributed by atoms with E-state index < -0.39 is 0 Å². The van der Waals surface area contributed by atoms with Gasteiger partial charge in [0.1, 0.15) is 0 Å². The molecule has 0 spiro atoms. The smallest absolute Gasteiger partial charge is 0.0546 e. The van der Waals surface area contributed by atoms with E-state index in [1.165, 1.54) is 99.0 Å². The van der Waals surface area contributed by atoms with Crippen LogP contribution in [0.2, 0.25) is 0 Å². The molecule has 350 valence electrons. The zero-order valence-corrected chi connectivity index (χ0v) is 42.0. The summed E-state index contributed by atoms with van der Waals surface area (Å²) in [6.45, 7) is 9.47. The molecule has 2 aliphatic carbocycles. The van der Waals surface area contributed by atoms with Crippen LogP contribution in [0.5, 0.6) is 0 Å². The topological polar surface area (TPSA) is 6.48 Å². The van der Waals surface area contributed by atoms with Crippen molar-refractivity contribution in [3.63, 3.8) is 0 Å². The monoisotopic (exact) mass is 944 g/mol. The van der Waals surface area contributed by atoms with E-state index in [1.54, 1.807) is 0 Å². The van der Waals surface area contributed by atoms with Crippen LogP contribution in [0.4, 0.5) is 34.1 Å². The Morgan fingerprint density at radius 1 is 0.270 bits per heavy atom. The maximum Gasteiger partial charge on any atom is 0.0546 e. The Morgan fingerprint density at radius 3 is 1.00 bits per heavy atom. The van der Waals surface area contributed by atoms with Crippen LogP contribution < -0.4 is 9.80 Å². The standard InChI is InChI=1S/C72H52N2/c1-71(2)65-41-47(33-37-59(65)61-39-35-53(45-67(61)71)73(51-21-7-5-8-22-51)69-43-49-19-11-13-25-55(49)57-27-15-17-29-63(57)69)31-32-48-34-38-60-62-40-36-54(46-68(62)72(3,4)66(60)42-48)74(52-23-9-6-10-24-52)70-44-50-20-12-14-26-56(50)58-28-16-18-30-64(58)70/h5-30,33-46H,1-4H3. The predicted molar refractivity (Wildman–Crippen MR) is 313 cm³/mol. The van der Waals surface area contributed by atoms with Crippen molar-refractivity contribution in [3.05, 3.63) is 276 Å². The molecule has 2 heteroatoms. The summed E-state index contributed by atoms with van der Waals surface area (Å²) in [7, 11) is 0. The van der Waals surface area contributed by atoms with Crippen molar-refractivity contribution in [1.29, 1.82) is 0 Å². The largest absolute Gasteiger partial charge is 0.310 e. The maximum absolute atomic E-state index is 3.62. The summed E-state index contributed by atoms with van der Waals surface area (Å²) >= 11 is 0. The first kappa shape index (κ1) is 43.6. The summed E-state index contributed by atoms with van der Waals surface area (Å²) < 4.78 is 0. The Hall–Kier alpha value is -9.16. The van der Waals surface area contributed by atoms with E-state index in [-0.39, 0.29) is 10.8 Å². The first-order valence-electron chi connectivity index (χ1n) is 25.8. The molecular weight excluding hydrogens is 893 g/mol. The van der Waals surface area contributed by atoms with Crippen molar-refractivity contribution in [2.75, 3.05) is 9.80 Å². The molecule has 2 nitrogen and oxygen atoms in total. The highest BCUT2D eigenvalue weighted by Crippen LogP contribution is 2.54. The van der Waals surface area contributed by atoms with Crippen LogP contribution in [-0.2, 0) is 10.8 Å². The molecule has 0 unspecified atom stereocenters. The molecule has 0 heterocycles. The number of rotatable bonds is 6. The lowest BCUT2D eigenvalue weighted by molar-refractivity contribution is 0.660. The van der Waals surface area contributed by atoms with E-state index in [4.69, 9.17) is 0 Å². The lowest BCUT2D eigenvalue weighted by atomic mass is 9.81. The van der Waals surface area contributed by atoms with E-state index in [2.05, 4.69) is 292 Å². The Morgan fingerprint density at radius 2 is 0.595 bits per heavy atom. The number of nitrogens with zero attached hydrogens (tertiary/aromatic N) is 2. The highest BCUT2D eigenvalue weighted by atomic mass is 15.1. The van der Waals surface area contributed by atoms with Crippen LogP contribution >= 0.6 is 0 Å². The van der Waals surface area contributed by atoms with Gasteiger partial charge in [0, 0.05) is 55.5 Å². The van der Waals surface area contributed by atoms with Gasteiger partial charge < -0.3 is 9.80 Å². The van der Waals surface area contributed by atoms with Gasteiger partial charge >= 0.3 is 0 Å².